The molecule has 1 N–H and O–H groups in total. The molecule has 2 heterocycles. The minimum atomic E-state index is -0.118. The molecular weight excluding hydrogens is 294 g/mol. The van der Waals surface area contributed by atoms with Gasteiger partial charge in [0.2, 0.25) is 0 Å². The number of hydrogen-bond acceptors (Lipinski definition) is 3. The van der Waals surface area contributed by atoms with Crippen molar-refractivity contribution in [3.63, 3.8) is 0 Å². The second kappa shape index (κ2) is 6.26. The van der Waals surface area contributed by atoms with Gasteiger partial charge in [-0.05, 0) is 40.0 Å². The molecule has 0 bridgehead atoms. The highest BCUT2D eigenvalue weighted by Gasteiger charge is 2.05. The van der Waals surface area contributed by atoms with E-state index in [4.69, 9.17) is 0 Å². The van der Waals surface area contributed by atoms with Crippen LogP contribution in [-0.2, 0) is 6.42 Å². The van der Waals surface area contributed by atoms with Gasteiger partial charge in [-0.2, -0.15) is 0 Å². The zero-order valence-electron chi connectivity index (χ0n) is 9.64. The van der Waals surface area contributed by atoms with Gasteiger partial charge in [-0.15, -0.1) is 0 Å². The Morgan fingerprint density at radius 2 is 2.17 bits per heavy atom. The van der Waals surface area contributed by atoms with Gasteiger partial charge in [-0.3, -0.25) is 14.8 Å². The first-order valence-electron chi connectivity index (χ1n) is 5.53. The molecule has 0 radical (unpaired) electrons. The number of nitrogens with one attached hydrogen (secondary N) is 1. The standard InChI is InChI=1S/C13H12BrN3O/c14-12-6-11(8-16-9-12)13(18)17-5-3-10-2-1-4-15-7-10/h1-2,4,6-9H,3,5H2,(H,17,18). The summed E-state index contributed by atoms with van der Waals surface area (Å²) >= 11 is 3.28. The fourth-order valence-corrected chi connectivity index (χ4v) is 1.87. The van der Waals surface area contributed by atoms with Gasteiger partial charge in [0.15, 0.2) is 0 Å². The number of rotatable bonds is 4. The maximum Gasteiger partial charge on any atom is 0.252 e. The molecule has 0 spiro atoms. The molecule has 0 aliphatic heterocycles. The minimum absolute atomic E-state index is 0.118. The van der Waals surface area contributed by atoms with E-state index >= 15 is 0 Å². The summed E-state index contributed by atoms with van der Waals surface area (Å²) in [5.41, 5.74) is 1.65. The van der Waals surface area contributed by atoms with Crippen molar-refractivity contribution in [2.45, 2.75) is 6.42 Å². The lowest BCUT2D eigenvalue weighted by molar-refractivity contribution is 0.0953. The van der Waals surface area contributed by atoms with Crippen LogP contribution in [0.15, 0.2) is 47.5 Å². The molecule has 0 aliphatic carbocycles. The van der Waals surface area contributed by atoms with E-state index in [0.717, 1.165) is 16.5 Å². The summed E-state index contributed by atoms with van der Waals surface area (Å²) in [5, 5.41) is 2.85. The van der Waals surface area contributed by atoms with Crippen molar-refractivity contribution in [2.75, 3.05) is 6.54 Å². The Balaban J connectivity index is 1.86. The van der Waals surface area contributed by atoms with Crippen molar-refractivity contribution in [3.05, 3.63) is 58.6 Å². The second-order valence-electron chi connectivity index (χ2n) is 3.76. The summed E-state index contributed by atoms with van der Waals surface area (Å²) < 4.78 is 0.794. The van der Waals surface area contributed by atoms with Crippen LogP contribution in [0.1, 0.15) is 15.9 Å². The van der Waals surface area contributed by atoms with Crippen molar-refractivity contribution in [1.82, 2.24) is 15.3 Å². The largest absolute Gasteiger partial charge is 0.352 e. The molecular formula is C13H12BrN3O. The lowest BCUT2D eigenvalue weighted by atomic mass is 10.2. The topological polar surface area (TPSA) is 54.9 Å². The normalized spacial score (nSPS) is 10.1. The monoisotopic (exact) mass is 305 g/mol. The van der Waals surface area contributed by atoms with Gasteiger partial charge >= 0.3 is 0 Å². The number of carbonyl (C=O) groups excluding carboxylic acids is 1. The zero-order valence-corrected chi connectivity index (χ0v) is 11.2. The Bertz CT molecular complexity index is 531. The maximum absolute atomic E-state index is 11.8. The molecule has 2 aromatic rings. The third kappa shape index (κ3) is 3.63. The van der Waals surface area contributed by atoms with Crippen molar-refractivity contribution in [3.8, 4) is 0 Å². The molecule has 18 heavy (non-hydrogen) atoms. The summed E-state index contributed by atoms with van der Waals surface area (Å²) in [4.78, 5) is 19.8. The molecule has 0 aromatic carbocycles. The zero-order chi connectivity index (χ0) is 12.8. The summed E-state index contributed by atoms with van der Waals surface area (Å²) in [5.74, 6) is -0.118. The smallest absolute Gasteiger partial charge is 0.252 e. The molecule has 0 aliphatic rings. The molecule has 1 amide bonds. The van der Waals surface area contributed by atoms with Gasteiger partial charge < -0.3 is 5.32 Å². The highest BCUT2D eigenvalue weighted by Crippen LogP contribution is 2.09. The van der Waals surface area contributed by atoms with Crippen LogP contribution >= 0.6 is 15.9 Å². The van der Waals surface area contributed by atoms with Crippen LogP contribution in [0.25, 0.3) is 0 Å². The number of nitrogens with zero attached hydrogens (tertiary/aromatic N) is 2. The minimum Gasteiger partial charge on any atom is -0.352 e. The highest BCUT2D eigenvalue weighted by atomic mass is 79.9. The van der Waals surface area contributed by atoms with Crippen LogP contribution in [0.4, 0.5) is 0 Å². The average Bonchev–Trinajstić information content (AvgIpc) is 2.40. The predicted octanol–water partition coefficient (Wildman–Crippen LogP) is 2.21. The van der Waals surface area contributed by atoms with Crippen molar-refractivity contribution in [2.24, 2.45) is 0 Å². The average molecular weight is 306 g/mol. The van der Waals surface area contributed by atoms with Crippen LogP contribution in [-0.4, -0.2) is 22.4 Å². The first kappa shape index (κ1) is 12.7. The first-order chi connectivity index (χ1) is 8.75. The van der Waals surface area contributed by atoms with E-state index < -0.39 is 0 Å². The molecule has 0 saturated carbocycles. The van der Waals surface area contributed by atoms with Crippen LogP contribution in [0.5, 0.6) is 0 Å². The van der Waals surface area contributed by atoms with Crippen LogP contribution in [0, 0.1) is 0 Å². The van der Waals surface area contributed by atoms with Crippen molar-refractivity contribution < 1.29 is 4.79 Å². The lowest BCUT2D eigenvalue weighted by Crippen LogP contribution is -2.25. The van der Waals surface area contributed by atoms with Crippen LogP contribution in [0.3, 0.4) is 0 Å². The van der Waals surface area contributed by atoms with Gasteiger partial charge in [0, 0.05) is 35.8 Å². The molecule has 5 heteroatoms. The number of hydrogen-bond donors (Lipinski definition) is 1. The summed E-state index contributed by atoms with van der Waals surface area (Å²) in [6.45, 7) is 0.580. The molecule has 92 valence electrons. The summed E-state index contributed by atoms with van der Waals surface area (Å²) in [6, 6.07) is 5.61. The number of pyridine rings is 2. The first-order valence-corrected chi connectivity index (χ1v) is 6.32. The molecule has 0 unspecified atom stereocenters. The fraction of sp³-hybridized carbons (Fsp3) is 0.154. The number of amides is 1. The highest BCUT2D eigenvalue weighted by molar-refractivity contribution is 9.10. The van der Waals surface area contributed by atoms with E-state index in [2.05, 4.69) is 31.2 Å². The Morgan fingerprint density at radius 1 is 1.28 bits per heavy atom. The quantitative estimate of drug-likeness (QED) is 0.942. The Hall–Kier alpha value is -1.75. The van der Waals surface area contributed by atoms with Crippen LogP contribution < -0.4 is 5.32 Å². The molecule has 2 rings (SSSR count). The van der Waals surface area contributed by atoms with Gasteiger partial charge in [0.05, 0.1) is 5.56 Å². The molecule has 0 saturated heterocycles. The number of halogens is 1. The van der Waals surface area contributed by atoms with E-state index in [-0.39, 0.29) is 5.91 Å². The number of carbonyl (C=O) groups is 1. The van der Waals surface area contributed by atoms with Gasteiger partial charge in [0.25, 0.3) is 5.91 Å². The predicted molar refractivity (Wildman–Crippen MR) is 72.2 cm³/mol. The molecule has 2 aromatic heterocycles. The van der Waals surface area contributed by atoms with Gasteiger partial charge in [-0.1, -0.05) is 6.07 Å². The van der Waals surface area contributed by atoms with Gasteiger partial charge in [0.1, 0.15) is 0 Å². The van der Waals surface area contributed by atoms with E-state index in [1.165, 1.54) is 0 Å². The van der Waals surface area contributed by atoms with Crippen LogP contribution in [0.2, 0.25) is 0 Å². The SMILES string of the molecule is O=C(NCCc1cccnc1)c1cncc(Br)c1. The van der Waals surface area contributed by atoms with E-state index in [1.54, 1.807) is 30.9 Å². The lowest BCUT2D eigenvalue weighted by Gasteiger charge is -2.05. The Labute approximate surface area is 114 Å². The fourth-order valence-electron chi connectivity index (χ4n) is 1.50. The molecule has 0 atom stereocenters. The third-order valence-electron chi connectivity index (χ3n) is 2.39. The van der Waals surface area contributed by atoms with Gasteiger partial charge in [-0.25, -0.2) is 0 Å². The molecule has 4 nitrogen and oxygen atoms in total. The summed E-state index contributed by atoms with van der Waals surface area (Å²) in [6.07, 6.45) is 7.49. The van der Waals surface area contributed by atoms with Crippen molar-refractivity contribution in [1.29, 1.82) is 0 Å². The molecule has 0 fully saturated rings. The number of aromatic nitrogens is 2. The third-order valence-corrected chi connectivity index (χ3v) is 2.82. The Kier molecular flexibility index (Phi) is 4.41. The maximum atomic E-state index is 11.8. The summed E-state index contributed by atoms with van der Waals surface area (Å²) in [7, 11) is 0. The van der Waals surface area contributed by atoms with E-state index in [9.17, 15) is 4.79 Å². The van der Waals surface area contributed by atoms with E-state index in [1.807, 2.05) is 12.1 Å². The van der Waals surface area contributed by atoms with Crippen molar-refractivity contribution >= 4 is 21.8 Å². The van der Waals surface area contributed by atoms with E-state index in [0.29, 0.717) is 12.1 Å². The Morgan fingerprint density at radius 3 is 2.89 bits per heavy atom. The second-order valence-corrected chi connectivity index (χ2v) is 4.67.